The van der Waals surface area contributed by atoms with Crippen LogP contribution in [0, 0.1) is 0 Å². The first-order chi connectivity index (χ1) is 12.9. The van der Waals surface area contributed by atoms with Gasteiger partial charge in [-0.3, -0.25) is 10.1 Å². The highest BCUT2D eigenvalue weighted by atomic mass is 32.2. The molecular weight excluding hydrogens is 452 g/mol. The van der Waals surface area contributed by atoms with Gasteiger partial charge in [-0.05, 0) is 38.0 Å². The number of hydrogen-bond donors (Lipinski definition) is 2. The lowest BCUT2D eigenvalue weighted by Gasteiger charge is -2.28. The Balaban J connectivity index is 2.16. The van der Waals surface area contributed by atoms with E-state index < -0.39 is 50.0 Å². The Morgan fingerprint density at radius 2 is 1.66 bits per heavy atom. The van der Waals surface area contributed by atoms with Crippen molar-refractivity contribution in [2.45, 2.75) is 48.5 Å². The highest BCUT2D eigenvalue weighted by Crippen LogP contribution is 2.50. The van der Waals surface area contributed by atoms with Crippen molar-refractivity contribution in [2.75, 3.05) is 0 Å². The lowest BCUT2D eigenvalue weighted by Crippen LogP contribution is -2.56. The van der Waals surface area contributed by atoms with Crippen LogP contribution in [0.3, 0.4) is 0 Å². The van der Waals surface area contributed by atoms with E-state index in [1.54, 1.807) is 13.8 Å². The number of cyclic esters (lactones) is 1. The van der Waals surface area contributed by atoms with Gasteiger partial charge < -0.3 is 8.92 Å². The molecule has 1 atom stereocenters. The molecule has 0 bridgehead atoms. The number of rotatable bonds is 7. The average molecular weight is 467 g/mol. The van der Waals surface area contributed by atoms with E-state index in [0.29, 0.717) is 5.56 Å². The van der Waals surface area contributed by atoms with Gasteiger partial charge in [0.05, 0.1) is 0 Å². The van der Waals surface area contributed by atoms with E-state index >= 15 is 0 Å². The maximum Gasteiger partial charge on any atom is 0.450 e. The molecule has 0 saturated carbocycles. The van der Waals surface area contributed by atoms with Crippen molar-refractivity contribution in [1.29, 1.82) is 0 Å². The highest BCUT2D eigenvalue weighted by molar-refractivity contribution is 7.88. The lowest BCUT2D eigenvalue weighted by atomic mass is 10.1. The van der Waals surface area contributed by atoms with Crippen LogP contribution in [-0.4, -0.2) is 42.6 Å². The normalized spacial score (nSPS) is 20.4. The number of ether oxygens (including phenoxy) is 1. The zero-order chi connectivity index (χ0) is 22.5. The van der Waals surface area contributed by atoms with Crippen molar-refractivity contribution in [1.82, 2.24) is 5.32 Å². The zero-order valence-corrected chi connectivity index (χ0v) is 16.5. The van der Waals surface area contributed by atoms with Crippen LogP contribution < -0.4 is 9.50 Å². The Morgan fingerprint density at radius 3 is 2.07 bits per heavy atom. The predicted molar refractivity (Wildman–Crippen MR) is 90.6 cm³/mol. The van der Waals surface area contributed by atoms with E-state index in [1.165, 1.54) is 12.1 Å². The fourth-order valence-electron chi connectivity index (χ4n) is 2.39. The Bertz CT molecular complexity index is 883. The van der Waals surface area contributed by atoms with Crippen molar-refractivity contribution in [3.8, 4) is 5.75 Å². The second kappa shape index (κ2) is 7.23. The van der Waals surface area contributed by atoms with Crippen molar-refractivity contribution in [3.63, 3.8) is 0 Å². The van der Waals surface area contributed by atoms with Gasteiger partial charge in [-0.25, -0.2) is 0 Å². The van der Waals surface area contributed by atoms with Crippen LogP contribution in [0.2, 0.25) is 0 Å². The number of esters is 1. The second-order valence-electron chi connectivity index (χ2n) is 6.65. The van der Waals surface area contributed by atoms with Crippen molar-refractivity contribution < 1.29 is 48.5 Å². The highest BCUT2D eigenvalue weighted by Gasteiger charge is 2.77. The molecule has 1 aliphatic rings. The van der Waals surface area contributed by atoms with Gasteiger partial charge in [-0.15, -0.1) is 0 Å². The molecule has 0 aromatic heterocycles. The van der Waals surface area contributed by atoms with Gasteiger partial charge in [0.25, 0.3) is 0 Å². The molecule has 0 radical (unpaired) electrons. The van der Waals surface area contributed by atoms with Gasteiger partial charge in [0, 0.05) is 0 Å². The minimum Gasteiger partial charge on any atom is -0.443 e. The quantitative estimate of drug-likeness (QED) is 0.278. The van der Waals surface area contributed by atoms with Crippen LogP contribution in [0.4, 0.5) is 26.3 Å². The number of hydrogen-bond acceptors (Lipinski definition) is 7. The number of alkyl halides is 6. The van der Waals surface area contributed by atoms with E-state index in [1.807, 2.05) is 12.6 Å². The molecule has 1 fully saturated rings. The van der Waals surface area contributed by atoms with Gasteiger partial charge in [-0.2, -0.15) is 34.8 Å². The number of carbonyl (C=O) groups is 1. The third-order valence-corrected chi connectivity index (χ3v) is 5.37. The SMILES string of the molecule is CC1(C)NC(Cc2ccc(OS(=O)(=O)C(F)(F)C(F)(F)C(F)(F)S)cc2)C(=O)O1. The Labute approximate surface area is 167 Å². The van der Waals surface area contributed by atoms with Crippen molar-refractivity contribution in [3.05, 3.63) is 29.8 Å². The molecule has 0 amide bonds. The van der Waals surface area contributed by atoms with E-state index in [0.717, 1.165) is 12.1 Å². The summed E-state index contributed by atoms with van der Waals surface area (Å²) in [5.41, 5.74) is -0.481. The summed E-state index contributed by atoms with van der Waals surface area (Å²) in [6.07, 6.45) is 0.0788. The number of halogens is 6. The van der Waals surface area contributed by atoms with Crippen LogP contribution >= 0.6 is 12.6 Å². The van der Waals surface area contributed by atoms with Crippen LogP contribution in [0.15, 0.2) is 24.3 Å². The molecule has 164 valence electrons. The lowest BCUT2D eigenvalue weighted by molar-refractivity contribution is -0.241. The van der Waals surface area contributed by atoms with E-state index in [2.05, 4.69) is 9.50 Å². The number of benzene rings is 1. The van der Waals surface area contributed by atoms with Gasteiger partial charge in [0.2, 0.25) is 0 Å². The van der Waals surface area contributed by atoms with Gasteiger partial charge in [0.1, 0.15) is 11.8 Å². The molecular formula is C15H15F6NO5S2. The van der Waals surface area contributed by atoms with Gasteiger partial charge >= 0.3 is 32.5 Å². The van der Waals surface area contributed by atoms with E-state index in [4.69, 9.17) is 4.74 Å². The second-order valence-corrected chi connectivity index (χ2v) is 8.80. The van der Waals surface area contributed by atoms with E-state index in [-0.39, 0.29) is 6.42 Å². The first-order valence-electron chi connectivity index (χ1n) is 7.79. The zero-order valence-electron chi connectivity index (χ0n) is 14.8. The summed E-state index contributed by atoms with van der Waals surface area (Å²) >= 11 is 2.05. The summed E-state index contributed by atoms with van der Waals surface area (Å²) < 4.78 is 111. The minimum absolute atomic E-state index is 0.0788. The summed E-state index contributed by atoms with van der Waals surface area (Å²) in [4.78, 5) is 11.7. The Morgan fingerprint density at radius 1 is 1.14 bits per heavy atom. The molecule has 1 heterocycles. The average Bonchev–Trinajstić information content (AvgIpc) is 2.79. The summed E-state index contributed by atoms with van der Waals surface area (Å²) in [5, 5.41) is -9.03. The molecule has 1 aliphatic heterocycles. The Kier molecular flexibility index (Phi) is 5.89. The van der Waals surface area contributed by atoms with E-state index in [9.17, 15) is 39.6 Å². The monoisotopic (exact) mass is 467 g/mol. The summed E-state index contributed by atoms with van der Waals surface area (Å²) in [7, 11) is -6.51. The summed E-state index contributed by atoms with van der Waals surface area (Å²) in [6.45, 7) is 3.22. The molecule has 6 nitrogen and oxygen atoms in total. The largest absolute Gasteiger partial charge is 0.450 e. The predicted octanol–water partition coefficient (Wildman–Crippen LogP) is 2.94. The van der Waals surface area contributed by atoms with Crippen LogP contribution in [-0.2, 0) is 26.1 Å². The molecule has 2 rings (SSSR count). The number of carbonyl (C=O) groups excluding carboxylic acids is 1. The third kappa shape index (κ3) is 4.58. The molecule has 1 unspecified atom stereocenters. The molecule has 14 heteroatoms. The first-order valence-corrected chi connectivity index (χ1v) is 9.64. The minimum atomic E-state index is -6.51. The first kappa shape index (κ1) is 23.6. The topological polar surface area (TPSA) is 81.7 Å². The van der Waals surface area contributed by atoms with Crippen molar-refractivity contribution in [2.24, 2.45) is 0 Å². The van der Waals surface area contributed by atoms with Crippen molar-refractivity contribution >= 4 is 28.7 Å². The molecule has 29 heavy (non-hydrogen) atoms. The smallest absolute Gasteiger partial charge is 0.443 e. The van der Waals surface area contributed by atoms with Crippen LogP contribution in [0.25, 0.3) is 0 Å². The molecule has 1 N–H and O–H groups in total. The maximum atomic E-state index is 13.6. The fourth-order valence-corrected chi connectivity index (χ4v) is 3.52. The van der Waals surface area contributed by atoms with Crippen LogP contribution in [0.5, 0.6) is 5.75 Å². The summed E-state index contributed by atoms with van der Waals surface area (Å²) in [5.74, 6) is -7.72. The molecule has 1 aromatic carbocycles. The van der Waals surface area contributed by atoms with Gasteiger partial charge in [-0.1, -0.05) is 24.8 Å². The number of thiol groups is 1. The summed E-state index contributed by atoms with van der Waals surface area (Å²) in [6, 6.07) is 3.29. The molecule has 1 saturated heterocycles. The Hall–Kier alpha value is -1.67. The standard InChI is InChI=1S/C15H15F6NO5S2/c1-12(2)22-10(11(23)26-12)7-8-3-5-9(6-4-8)27-29(24,25)15(20,21)13(16,17)14(18,19)28/h3-6,10,22,28H,7H2,1-2H3. The fraction of sp³-hybridized carbons (Fsp3) is 0.533. The van der Waals surface area contributed by atoms with Gasteiger partial charge in [0.15, 0.2) is 5.72 Å². The number of nitrogens with one attached hydrogen (secondary N) is 1. The molecule has 0 spiro atoms. The van der Waals surface area contributed by atoms with Crippen LogP contribution in [0.1, 0.15) is 19.4 Å². The third-order valence-electron chi connectivity index (χ3n) is 3.79. The molecule has 0 aliphatic carbocycles. The molecule has 1 aromatic rings. The maximum absolute atomic E-state index is 13.6.